The van der Waals surface area contributed by atoms with Crippen LogP contribution in [0.5, 0.6) is 23.0 Å². The quantitative estimate of drug-likeness (QED) is 0.239. The second kappa shape index (κ2) is 9.33. The molecule has 0 amide bonds. The number of allylic oxidation sites excluding steroid dienone is 1. The zero-order valence-corrected chi connectivity index (χ0v) is 16.1. The predicted molar refractivity (Wildman–Crippen MR) is 106 cm³/mol. The number of rotatable bonds is 6. The molecular weight excluding hydrogens is 412 g/mol. The maximum atomic E-state index is 12.2. The summed E-state index contributed by atoms with van der Waals surface area (Å²) in [6.07, 6.45) is -4.46. The fourth-order valence-corrected chi connectivity index (χ4v) is 3.06. The third-order valence-corrected chi connectivity index (χ3v) is 4.74. The van der Waals surface area contributed by atoms with E-state index in [0.717, 1.165) is 18.2 Å². The molecule has 31 heavy (non-hydrogen) atoms. The highest BCUT2D eigenvalue weighted by molar-refractivity contribution is 6.10. The highest BCUT2D eigenvalue weighted by Gasteiger charge is 2.44. The Balaban J connectivity index is 1.67. The van der Waals surface area contributed by atoms with Gasteiger partial charge in [-0.05, 0) is 23.8 Å². The van der Waals surface area contributed by atoms with Crippen LogP contribution in [0.3, 0.4) is 0 Å². The van der Waals surface area contributed by atoms with Gasteiger partial charge in [-0.2, -0.15) is 0 Å². The van der Waals surface area contributed by atoms with Gasteiger partial charge in [0.15, 0.2) is 5.78 Å². The van der Waals surface area contributed by atoms with E-state index in [0.29, 0.717) is 5.56 Å². The third-order valence-electron chi connectivity index (χ3n) is 4.74. The van der Waals surface area contributed by atoms with Crippen molar-refractivity contribution < 1.29 is 50.0 Å². The summed E-state index contributed by atoms with van der Waals surface area (Å²) in [4.78, 5) is 12.2. The molecule has 166 valence electrons. The first-order valence-electron chi connectivity index (χ1n) is 9.26. The van der Waals surface area contributed by atoms with Crippen LogP contribution in [0.1, 0.15) is 15.9 Å². The number of phenolic OH excluding ortho intramolecular Hbond substituents is 3. The summed E-state index contributed by atoms with van der Waals surface area (Å²) in [6.45, 7) is -0.575. The zero-order chi connectivity index (χ0) is 22.7. The Bertz CT molecular complexity index is 930. The molecule has 7 N–H and O–H groups in total. The van der Waals surface area contributed by atoms with Crippen LogP contribution < -0.4 is 4.74 Å². The molecule has 1 fully saturated rings. The number of ether oxygens (including phenoxy) is 2. The van der Waals surface area contributed by atoms with Gasteiger partial charge in [0, 0.05) is 12.1 Å². The molecule has 0 aliphatic carbocycles. The van der Waals surface area contributed by atoms with Crippen LogP contribution in [0.2, 0.25) is 0 Å². The minimum absolute atomic E-state index is 0.252. The van der Waals surface area contributed by atoms with Crippen molar-refractivity contribution in [1.82, 2.24) is 0 Å². The topological polar surface area (TPSA) is 177 Å². The van der Waals surface area contributed by atoms with Crippen molar-refractivity contribution in [3.8, 4) is 23.0 Å². The summed E-state index contributed by atoms with van der Waals surface area (Å²) < 4.78 is 10.7. The standard InChI is InChI=1S/C21H22O10/c22-9-16-18(27)19(28)20(29)21(31-16)30-12-4-1-10(2-5-12)3-6-13(24)17-14(25)7-11(23)8-15(17)26/h1-8,16,18-23,25-29H,9H2/b6-3+/t16-,18-,19-,20-,21-/m1/s1. The molecule has 2 aromatic rings. The first-order valence-corrected chi connectivity index (χ1v) is 9.26. The minimum atomic E-state index is -1.56. The molecule has 5 atom stereocenters. The van der Waals surface area contributed by atoms with Crippen LogP contribution >= 0.6 is 0 Å². The SMILES string of the molecule is O=C(/C=C/c1ccc(O[C@@H]2O[C@H](CO)[C@@H](O)[C@@H](O)[C@H]2O)cc1)c1c(O)cc(O)cc1O. The summed E-state index contributed by atoms with van der Waals surface area (Å²) in [6, 6.07) is 8.01. The Morgan fingerprint density at radius 3 is 2.16 bits per heavy atom. The van der Waals surface area contributed by atoms with Gasteiger partial charge in [0.05, 0.1) is 6.61 Å². The molecule has 1 heterocycles. The van der Waals surface area contributed by atoms with Gasteiger partial charge in [0.1, 0.15) is 53.0 Å². The lowest BCUT2D eigenvalue weighted by atomic mass is 9.99. The Kier molecular flexibility index (Phi) is 6.78. The molecule has 2 aromatic carbocycles. The first-order chi connectivity index (χ1) is 14.7. The lowest BCUT2D eigenvalue weighted by molar-refractivity contribution is -0.277. The summed E-state index contributed by atoms with van der Waals surface area (Å²) in [5.41, 5.74) is 0.212. The summed E-state index contributed by atoms with van der Waals surface area (Å²) >= 11 is 0. The largest absolute Gasteiger partial charge is 0.508 e. The maximum Gasteiger partial charge on any atom is 0.229 e. The van der Waals surface area contributed by atoms with E-state index in [2.05, 4.69) is 0 Å². The molecule has 0 unspecified atom stereocenters. The van der Waals surface area contributed by atoms with Crippen molar-refractivity contribution >= 4 is 11.9 Å². The van der Waals surface area contributed by atoms with Gasteiger partial charge in [-0.3, -0.25) is 4.79 Å². The van der Waals surface area contributed by atoms with Crippen LogP contribution in [0, 0.1) is 0 Å². The Morgan fingerprint density at radius 2 is 1.58 bits per heavy atom. The van der Waals surface area contributed by atoms with E-state index in [1.807, 2.05) is 0 Å². The van der Waals surface area contributed by atoms with E-state index >= 15 is 0 Å². The highest BCUT2D eigenvalue weighted by atomic mass is 16.7. The van der Waals surface area contributed by atoms with Gasteiger partial charge in [-0.25, -0.2) is 0 Å². The van der Waals surface area contributed by atoms with Crippen molar-refractivity contribution in [3.63, 3.8) is 0 Å². The van der Waals surface area contributed by atoms with Crippen molar-refractivity contribution in [1.29, 1.82) is 0 Å². The van der Waals surface area contributed by atoms with Gasteiger partial charge in [-0.1, -0.05) is 18.2 Å². The van der Waals surface area contributed by atoms with E-state index in [-0.39, 0.29) is 17.1 Å². The monoisotopic (exact) mass is 434 g/mol. The number of benzene rings is 2. The van der Waals surface area contributed by atoms with Crippen LogP contribution in [0.25, 0.3) is 6.08 Å². The van der Waals surface area contributed by atoms with E-state index in [1.165, 1.54) is 18.2 Å². The number of hydrogen-bond acceptors (Lipinski definition) is 10. The molecule has 10 nitrogen and oxygen atoms in total. The summed E-state index contributed by atoms with van der Waals surface area (Å²) in [5, 5.41) is 67.6. The molecule has 0 aromatic heterocycles. The highest BCUT2D eigenvalue weighted by Crippen LogP contribution is 2.32. The summed E-state index contributed by atoms with van der Waals surface area (Å²) in [5.74, 6) is -1.94. The van der Waals surface area contributed by atoms with Crippen LogP contribution in [0.4, 0.5) is 0 Å². The molecule has 0 spiro atoms. The number of aromatic hydroxyl groups is 3. The molecule has 3 rings (SSSR count). The van der Waals surface area contributed by atoms with Gasteiger partial charge in [0.25, 0.3) is 0 Å². The number of phenols is 3. The Labute approximate surface area is 176 Å². The van der Waals surface area contributed by atoms with Crippen molar-refractivity contribution in [2.45, 2.75) is 30.7 Å². The van der Waals surface area contributed by atoms with Crippen LogP contribution in [-0.4, -0.2) is 78.8 Å². The fraction of sp³-hybridized carbons (Fsp3) is 0.286. The Morgan fingerprint density at radius 1 is 0.968 bits per heavy atom. The van der Waals surface area contributed by atoms with Gasteiger partial charge >= 0.3 is 0 Å². The van der Waals surface area contributed by atoms with Crippen molar-refractivity contribution in [3.05, 3.63) is 53.6 Å². The van der Waals surface area contributed by atoms with Crippen molar-refractivity contribution in [2.75, 3.05) is 6.61 Å². The number of aliphatic hydroxyl groups excluding tert-OH is 4. The number of ketones is 1. The van der Waals surface area contributed by atoms with E-state index in [9.17, 15) is 40.5 Å². The first kappa shape index (κ1) is 22.5. The second-order valence-electron chi connectivity index (χ2n) is 6.94. The zero-order valence-electron chi connectivity index (χ0n) is 16.1. The molecule has 0 bridgehead atoms. The summed E-state index contributed by atoms with van der Waals surface area (Å²) in [7, 11) is 0. The lowest BCUT2D eigenvalue weighted by Crippen LogP contribution is -2.60. The number of carbonyl (C=O) groups is 1. The van der Waals surface area contributed by atoms with Crippen LogP contribution in [0.15, 0.2) is 42.5 Å². The molecule has 0 saturated carbocycles. The van der Waals surface area contributed by atoms with Crippen LogP contribution in [-0.2, 0) is 4.74 Å². The number of aliphatic hydroxyl groups is 4. The average Bonchev–Trinajstić information content (AvgIpc) is 2.73. The van der Waals surface area contributed by atoms with E-state index in [1.54, 1.807) is 12.1 Å². The molecule has 0 radical (unpaired) electrons. The molecule has 1 saturated heterocycles. The van der Waals surface area contributed by atoms with Gasteiger partial charge in [0.2, 0.25) is 6.29 Å². The number of hydrogen-bond donors (Lipinski definition) is 7. The molecule has 10 heteroatoms. The van der Waals surface area contributed by atoms with E-state index < -0.39 is 54.6 Å². The van der Waals surface area contributed by atoms with Gasteiger partial charge in [-0.15, -0.1) is 0 Å². The number of carbonyl (C=O) groups excluding carboxylic acids is 1. The minimum Gasteiger partial charge on any atom is -0.508 e. The van der Waals surface area contributed by atoms with Crippen molar-refractivity contribution in [2.24, 2.45) is 0 Å². The normalized spacial score (nSPS) is 26.1. The predicted octanol–water partition coefficient (Wildman–Crippen LogP) is -0.122. The lowest BCUT2D eigenvalue weighted by Gasteiger charge is -2.39. The molecular formula is C21H22O10. The smallest absolute Gasteiger partial charge is 0.229 e. The fourth-order valence-electron chi connectivity index (χ4n) is 3.06. The van der Waals surface area contributed by atoms with Gasteiger partial charge < -0.3 is 45.2 Å². The second-order valence-corrected chi connectivity index (χ2v) is 6.94. The third kappa shape index (κ3) is 4.95. The molecule has 1 aliphatic heterocycles. The maximum absolute atomic E-state index is 12.2. The Hall–Kier alpha value is -3.15. The molecule has 1 aliphatic rings. The van der Waals surface area contributed by atoms with E-state index in [4.69, 9.17) is 9.47 Å². The average molecular weight is 434 g/mol.